The van der Waals surface area contributed by atoms with Crippen LogP contribution in [0.1, 0.15) is 71.4 Å². The van der Waals surface area contributed by atoms with Gasteiger partial charge in [-0.05, 0) is 42.6 Å². The summed E-state index contributed by atoms with van der Waals surface area (Å²) in [6, 6.07) is 8.16. The number of nitrogens with two attached hydrogens (primary N) is 1. The number of nitrogens with zero attached hydrogens (tertiary/aromatic N) is 5. The predicted octanol–water partition coefficient (Wildman–Crippen LogP) is 3.81. The van der Waals surface area contributed by atoms with Crippen LogP contribution in [0.25, 0.3) is 0 Å². The summed E-state index contributed by atoms with van der Waals surface area (Å²) in [6.45, 7) is 3.64. The van der Waals surface area contributed by atoms with Crippen molar-refractivity contribution in [2.24, 2.45) is 18.2 Å². The molecule has 2 fully saturated rings. The SMILES string of the molecule is Cn1cc(Nc2nc(N3CCC[C@@](C)(CC(=O)c4ccc(C5CC5)cc4)C3)cnc2C(N)=O)cn1. The van der Waals surface area contributed by atoms with Gasteiger partial charge in [-0.2, -0.15) is 5.10 Å². The van der Waals surface area contributed by atoms with Crippen molar-refractivity contribution in [3.63, 3.8) is 0 Å². The summed E-state index contributed by atoms with van der Waals surface area (Å²) in [5.41, 5.74) is 8.21. The Morgan fingerprint density at radius 1 is 1.20 bits per heavy atom. The van der Waals surface area contributed by atoms with Gasteiger partial charge in [0.2, 0.25) is 0 Å². The van der Waals surface area contributed by atoms with E-state index in [9.17, 15) is 9.59 Å². The van der Waals surface area contributed by atoms with Gasteiger partial charge in [0.25, 0.3) is 5.91 Å². The molecule has 0 unspecified atom stereocenters. The zero-order chi connectivity index (χ0) is 24.6. The molecule has 1 aliphatic carbocycles. The second-order valence-electron chi connectivity index (χ2n) is 10.1. The highest BCUT2D eigenvalue weighted by Crippen LogP contribution is 2.40. The van der Waals surface area contributed by atoms with Crippen molar-refractivity contribution in [1.29, 1.82) is 0 Å². The van der Waals surface area contributed by atoms with Gasteiger partial charge in [0, 0.05) is 38.3 Å². The minimum Gasteiger partial charge on any atom is -0.364 e. The molecular weight excluding hydrogens is 442 g/mol. The molecule has 1 atom stereocenters. The zero-order valence-corrected chi connectivity index (χ0v) is 20.2. The van der Waals surface area contributed by atoms with Crippen LogP contribution in [0, 0.1) is 5.41 Å². The number of benzene rings is 1. The van der Waals surface area contributed by atoms with Crippen LogP contribution in [0.3, 0.4) is 0 Å². The van der Waals surface area contributed by atoms with Crippen LogP contribution in [0.4, 0.5) is 17.3 Å². The van der Waals surface area contributed by atoms with Gasteiger partial charge in [-0.15, -0.1) is 0 Å². The van der Waals surface area contributed by atoms with Crippen molar-refractivity contribution >= 4 is 29.0 Å². The lowest BCUT2D eigenvalue weighted by atomic mass is 9.77. The molecule has 9 nitrogen and oxygen atoms in total. The number of carbonyl (C=O) groups is 2. The second-order valence-corrected chi connectivity index (χ2v) is 10.1. The van der Waals surface area contributed by atoms with Crippen LogP contribution in [-0.4, -0.2) is 44.5 Å². The van der Waals surface area contributed by atoms with E-state index >= 15 is 0 Å². The molecule has 3 aromatic rings. The fourth-order valence-corrected chi connectivity index (χ4v) is 4.93. The Bertz CT molecular complexity index is 1250. The lowest BCUT2D eigenvalue weighted by Crippen LogP contribution is -2.43. The van der Waals surface area contributed by atoms with Gasteiger partial charge < -0.3 is 16.0 Å². The van der Waals surface area contributed by atoms with Crippen LogP contribution >= 0.6 is 0 Å². The van der Waals surface area contributed by atoms with Crippen LogP contribution in [0.2, 0.25) is 0 Å². The van der Waals surface area contributed by atoms with Gasteiger partial charge >= 0.3 is 0 Å². The summed E-state index contributed by atoms with van der Waals surface area (Å²) in [5.74, 6) is 1.14. The fraction of sp³-hybridized carbons (Fsp3) is 0.423. The van der Waals surface area contributed by atoms with Gasteiger partial charge in [-0.1, -0.05) is 31.2 Å². The summed E-state index contributed by atoms with van der Waals surface area (Å²) in [4.78, 5) is 36.2. The van der Waals surface area contributed by atoms with E-state index in [2.05, 4.69) is 44.3 Å². The second kappa shape index (κ2) is 9.13. The third kappa shape index (κ3) is 5.18. The maximum atomic E-state index is 13.1. The summed E-state index contributed by atoms with van der Waals surface area (Å²) in [7, 11) is 1.81. The van der Waals surface area contributed by atoms with E-state index in [0.717, 1.165) is 24.9 Å². The van der Waals surface area contributed by atoms with Crippen molar-refractivity contribution in [3.8, 4) is 0 Å². The van der Waals surface area contributed by atoms with E-state index in [0.29, 0.717) is 36.2 Å². The van der Waals surface area contributed by atoms with Crippen molar-refractivity contribution in [2.45, 2.75) is 44.9 Å². The minimum absolute atomic E-state index is 0.0715. The minimum atomic E-state index is -0.655. The molecule has 2 aliphatic rings. The Hall–Kier alpha value is -3.75. The van der Waals surface area contributed by atoms with Crippen LogP contribution in [-0.2, 0) is 7.05 Å². The highest BCUT2D eigenvalue weighted by Gasteiger charge is 2.34. The maximum Gasteiger partial charge on any atom is 0.271 e. The normalized spacial score (nSPS) is 20.0. The standard InChI is InChI=1S/C26H31N7O2/c1-26(12-21(34)19-8-6-18(7-9-19)17-4-5-17)10-3-11-33(16-26)22-14-28-23(24(27)35)25(31-22)30-20-13-29-32(2)15-20/h6-9,13-15,17H,3-5,10-12,16H2,1-2H3,(H2,27,35)(H,30,31)/t26-/m0/s1. The third-order valence-electron chi connectivity index (χ3n) is 6.93. The molecular formula is C26H31N7O2. The van der Waals surface area contributed by atoms with Crippen LogP contribution < -0.4 is 16.0 Å². The van der Waals surface area contributed by atoms with E-state index in [4.69, 9.17) is 5.73 Å². The molecule has 3 N–H and O–H groups in total. The highest BCUT2D eigenvalue weighted by atomic mass is 16.1. The van der Waals surface area contributed by atoms with Crippen molar-refractivity contribution < 1.29 is 9.59 Å². The number of ketones is 1. The summed E-state index contributed by atoms with van der Waals surface area (Å²) < 4.78 is 1.65. The fourth-order valence-electron chi connectivity index (χ4n) is 4.93. The molecule has 2 aromatic heterocycles. The lowest BCUT2D eigenvalue weighted by molar-refractivity contribution is 0.0905. The molecule has 35 heavy (non-hydrogen) atoms. The molecule has 1 aromatic carbocycles. The van der Waals surface area contributed by atoms with Crippen molar-refractivity contribution in [3.05, 3.63) is 59.7 Å². The zero-order valence-electron chi connectivity index (χ0n) is 20.2. The molecule has 1 saturated heterocycles. The van der Waals surface area contributed by atoms with Gasteiger partial charge in [0.15, 0.2) is 17.3 Å². The van der Waals surface area contributed by atoms with E-state index in [1.54, 1.807) is 30.3 Å². The van der Waals surface area contributed by atoms with E-state index in [-0.39, 0.29) is 16.9 Å². The van der Waals surface area contributed by atoms with Crippen molar-refractivity contribution in [1.82, 2.24) is 19.7 Å². The number of Topliss-reactive ketones (excluding diaryl/α,β-unsaturated/α-hetero) is 1. The third-order valence-corrected chi connectivity index (χ3v) is 6.93. The number of hydrogen-bond acceptors (Lipinski definition) is 7. The van der Waals surface area contributed by atoms with Gasteiger partial charge in [-0.3, -0.25) is 14.3 Å². The average molecular weight is 474 g/mol. The van der Waals surface area contributed by atoms with E-state index in [1.165, 1.54) is 18.4 Å². The number of primary amides is 1. The number of nitrogens with one attached hydrogen (secondary N) is 1. The molecule has 5 rings (SSSR count). The Morgan fingerprint density at radius 2 is 1.97 bits per heavy atom. The molecule has 0 spiro atoms. The predicted molar refractivity (Wildman–Crippen MR) is 134 cm³/mol. The van der Waals surface area contributed by atoms with Gasteiger partial charge in [-0.25, -0.2) is 9.97 Å². The number of carbonyl (C=O) groups excluding carboxylic acids is 2. The monoisotopic (exact) mass is 473 g/mol. The number of amides is 1. The first-order valence-corrected chi connectivity index (χ1v) is 12.1. The number of aromatic nitrogens is 4. The summed E-state index contributed by atoms with van der Waals surface area (Å²) in [5, 5.41) is 7.24. The molecule has 0 radical (unpaired) electrons. The molecule has 0 bridgehead atoms. The summed E-state index contributed by atoms with van der Waals surface area (Å²) in [6.07, 6.45) is 9.88. The van der Waals surface area contributed by atoms with Crippen molar-refractivity contribution in [2.75, 3.05) is 23.3 Å². The first-order valence-electron chi connectivity index (χ1n) is 12.1. The van der Waals surface area contributed by atoms with Crippen LogP contribution in [0.15, 0.2) is 42.9 Å². The largest absolute Gasteiger partial charge is 0.364 e. The maximum absolute atomic E-state index is 13.1. The van der Waals surface area contributed by atoms with E-state index in [1.807, 2.05) is 12.1 Å². The topological polar surface area (TPSA) is 119 Å². The first kappa shape index (κ1) is 23.0. The van der Waals surface area contributed by atoms with E-state index < -0.39 is 5.91 Å². The average Bonchev–Trinajstić information content (AvgIpc) is 3.60. The molecule has 1 amide bonds. The molecule has 1 aliphatic heterocycles. The number of aryl methyl sites for hydroxylation is 1. The highest BCUT2D eigenvalue weighted by molar-refractivity contribution is 5.97. The lowest BCUT2D eigenvalue weighted by Gasteiger charge is -2.40. The Labute approximate surface area is 204 Å². The number of rotatable bonds is 8. The Balaban J connectivity index is 1.32. The number of hydrogen-bond donors (Lipinski definition) is 2. The first-order chi connectivity index (χ1) is 16.8. The number of anilines is 3. The molecule has 3 heterocycles. The van der Waals surface area contributed by atoms with Gasteiger partial charge in [0.1, 0.15) is 5.82 Å². The summed E-state index contributed by atoms with van der Waals surface area (Å²) >= 11 is 0. The molecule has 182 valence electrons. The smallest absolute Gasteiger partial charge is 0.271 e. The molecule has 1 saturated carbocycles. The van der Waals surface area contributed by atoms with Gasteiger partial charge in [0.05, 0.1) is 18.1 Å². The Kier molecular flexibility index (Phi) is 6.00. The number of piperidine rings is 1. The van der Waals surface area contributed by atoms with Crippen LogP contribution in [0.5, 0.6) is 0 Å². The molecule has 9 heteroatoms. The quantitative estimate of drug-likeness (QED) is 0.478. The Morgan fingerprint density at radius 3 is 2.63 bits per heavy atom.